The number of carbonyl (C=O) groups is 4. The Balaban J connectivity index is 1.36. The number of fused-ring (bicyclic) bond motifs is 3. The van der Waals surface area contributed by atoms with Crippen LogP contribution >= 0.6 is 0 Å². The average Bonchev–Trinajstić information content (AvgIpc) is 2.91. The van der Waals surface area contributed by atoms with E-state index in [4.69, 9.17) is 4.74 Å². The topological polar surface area (TPSA) is 98.8 Å². The van der Waals surface area contributed by atoms with Crippen molar-refractivity contribution < 1.29 is 50.6 Å². The first kappa shape index (κ1) is 28.2. The number of hydrogen-bond acceptors (Lipinski definition) is 6. The summed E-state index contributed by atoms with van der Waals surface area (Å²) in [4.78, 5) is 50.9. The Labute approximate surface area is 229 Å². The third-order valence-corrected chi connectivity index (χ3v) is 7.78. The van der Waals surface area contributed by atoms with Gasteiger partial charge in [-0.25, -0.2) is 18.0 Å². The number of rotatable bonds is 4. The summed E-state index contributed by atoms with van der Waals surface area (Å²) in [7, 11) is 0. The van der Waals surface area contributed by atoms with Crippen LogP contribution in [0.1, 0.15) is 50.4 Å². The number of benzene rings is 3. The van der Waals surface area contributed by atoms with Gasteiger partial charge in [0.15, 0.2) is 0 Å². The van der Waals surface area contributed by atoms with E-state index in [-0.39, 0.29) is 24.2 Å². The van der Waals surface area contributed by atoms with Gasteiger partial charge in [0.05, 0.1) is 11.0 Å². The largest absolute Gasteiger partial charge is 0.426 e. The molecule has 1 N–H and O–H groups in total. The second kappa shape index (κ2) is 9.35. The van der Waals surface area contributed by atoms with Crippen LogP contribution in [0.15, 0.2) is 36.4 Å². The maximum atomic E-state index is 13.9. The molecule has 214 valence electrons. The molecule has 2 amide bonds. The first-order valence-electron chi connectivity index (χ1n) is 12.4. The van der Waals surface area contributed by atoms with Gasteiger partial charge in [-0.2, -0.15) is 8.78 Å². The lowest BCUT2D eigenvalue weighted by Crippen LogP contribution is -2.63. The molecular weight excluding hydrogens is 553 g/mol. The normalized spacial score (nSPS) is 25.6. The molecule has 0 radical (unpaired) electrons. The van der Waals surface area contributed by atoms with E-state index in [1.165, 1.54) is 36.4 Å². The highest BCUT2D eigenvalue weighted by Gasteiger charge is 2.61. The Morgan fingerprint density at radius 2 is 1.22 bits per heavy atom. The standard InChI is InChI=1S/C29H22F5NO6/c1-27-10-28(2,25(38)35-24(27)37)12-29(3,11-27)26(39)40-16-7-6-13-8-15(5-4-14(13)9-16)23(36)41-22-20(33)18(31)17(30)19(32)21(22)34/h4-9H,10-12H2,1-3H3,(H,35,37,38)/t27-,28+,29?. The zero-order valence-electron chi connectivity index (χ0n) is 21.9. The Hall–Kier alpha value is -4.35. The van der Waals surface area contributed by atoms with Gasteiger partial charge < -0.3 is 9.47 Å². The van der Waals surface area contributed by atoms with Crippen molar-refractivity contribution in [3.05, 3.63) is 71.0 Å². The summed E-state index contributed by atoms with van der Waals surface area (Å²) in [5.74, 6) is -15.9. The lowest BCUT2D eigenvalue weighted by Gasteiger charge is -2.52. The van der Waals surface area contributed by atoms with E-state index >= 15 is 0 Å². The first-order valence-corrected chi connectivity index (χ1v) is 12.4. The molecule has 7 nitrogen and oxygen atoms in total. The Morgan fingerprint density at radius 1 is 0.707 bits per heavy atom. The van der Waals surface area contributed by atoms with Crippen LogP contribution in [0.3, 0.4) is 0 Å². The third kappa shape index (κ3) is 4.60. The zero-order chi connectivity index (χ0) is 30.1. The van der Waals surface area contributed by atoms with Crippen molar-refractivity contribution >= 4 is 34.5 Å². The van der Waals surface area contributed by atoms with Crippen molar-refractivity contribution in [3.63, 3.8) is 0 Å². The molecule has 1 saturated heterocycles. The SMILES string of the molecule is CC1(C(=O)Oc2ccc3cc(C(=O)Oc4c(F)c(F)c(F)c(F)c4F)ccc3c2)C[C@@]2(C)C[C@@](C)(C1)C(=O)NC2=O. The summed E-state index contributed by atoms with van der Waals surface area (Å²) in [6.45, 7) is 5.07. The van der Waals surface area contributed by atoms with E-state index in [0.29, 0.717) is 17.2 Å². The van der Waals surface area contributed by atoms with Crippen molar-refractivity contribution in [1.29, 1.82) is 0 Å². The van der Waals surface area contributed by atoms with E-state index in [1.54, 1.807) is 20.8 Å². The van der Waals surface area contributed by atoms with Gasteiger partial charge in [0.25, 0.3) is 0 Å². The predicted molar refractivity (Wildman–Crippen MR) is 132 cm³/mol. The summed E-state index contributed by atoms with van der Waals surface area (Å²) in [5.41, 5.74) is -3.25. The molecule has 1 aliphatic carbocycles. The monoisotopic (exact) mass is 575 g/mol. The molecule has 1 unspecified atom stereocenters. The van der Waals surface area contributed by atoms with Gasteiger partial charge in [0.1, 0.15) is 5.75 Å². The highest BCUT2D eigenvalue weighted by Crippen LogP contribution is 2.57. The molecule has 3 atom stereocenters. The predicted octanol–water partition coefficient (Wildman–Crippen LogP) is 5.52. The van der Waals surface area contributed by atoms with Crippen molar-refractivity contribution in [2.24, 2.45) is 16.2 Å². The minimum atomic E-state index is -2.38. The van der Waals surface area contributed by atoms with Crippen LogP contribution in [0.2, 0.25) is 0 Å². The minimum absolute atomic E-state index is 0.141. The van der Waals surface area contributed by atoms with Crippen LogP contribution in [0.5, 0.6) is 11.5 Å². The molecule has 1 saturated carbocycles. The number of hydrogen-bond donors (Lipinski definition) is 1. The molecule has 1 aliphatic heterocycles. The highest BCUT2D eigenvalue weighted by atomic mass is 19.2. The third-order valence-electron chi connectivity index (χ3n) is 7.78. The zero-order valence-corrected chi connectivity index (χ0v) is 21.9. The second-order valence-corrected chi connectivity index (χ2v) is 11.4. The van der Waals surface area contributed by atoms with Gasteiger partial charge in [-0.1, -0.05) is 26.0 Å². The van der Waals surface area contributed by atoms with Crippen LogP contribution in [0.25, 0.3) is 10.8 Å². The van der Waals surface area contributed by atoms with Crippen molar-refractivity contribution in [2.45, 2.75) is 40.0 Å². The van der Waals surface area contributed by atoms with E-state index in [2.05, 4.69) is 10.1 Å². The lowest BCUT2D eigenvalue weighted by atomic mass is 9.52. The smallest absolute Gasteiger partial charge is 0.343 e. The van der Waals surface area contributed by atoms with E-state index in [0.717, 1.165) is 0 Å². The Bertz CT molecular complexity index is 1630. The summed E-state index contributed by atoms with van der Waals surface area (Å²) in [6.07, 6.45) is 0.671. The molecule has 3 aromatic carbocycles. The van der Waals surface area contributed by atoms with Crippen molar-refractivity contribution in [3.8, 4) is 11.5 Å². The highest BCUT2D eigenvalue weighted by molar-refractivity contribution is 6.04. The second-order valence-electron chi connectivity index (χ2n) is 11.4. The number of ether oxygens (including phenoxy) is 2. The van der Waals surface area contributed by atoms with Crippen LogP contribution in [-0.4, -0.2) is 23.8 Å². The maximum Gasteiger partial charge on any atom is 0.343 e. The fraction of sp³-hybridized carbons (Fsp3) is 0.310. The molecule has 3 aromatic rings. The summed E-state index contributed by atoms with van der Waals surface area (Å²) >= 11 is 0. The number of nitrogens with one attached hydrogen (secondary N) is 1. The molecule has 1 heterocycles. The van der Waals surface area contributed by atoms with Crippen LogP contribution < -0.4 is 14.8 Å². The molecule has 41 heavy (non-hydrogen) atoms. The molecular formula is C29H22F5NO6. The molecule has 0 aromatic heterocycles. The van der Waals surface area contributed by atoms with Gasteiger partial charge in [0.2, 0.25) is 46.6 Å². The minimum Gasteiger partial charge on any atom is -0.426 e. The van der Waals surface area contributed by atoms with E-state index in [1.807, 2.05) is 0 Å². The van der Waals surface area contributed by atoms with Crippen molar-refractivity contribution in [1.82, 2.24) is 5.32 Å². The Morgan fingerprint density at radius 3 is 1.80 bits per heavy atom. The number of halogens is 5. The average molecular weight is 575 g/mol. The molecule has 0 spiro atoms. The van der Waals surface area contributed by atoms with E-state index in [9.17, 15) is 41.1 Å². The lowest BCUT2D eigenvalue weighted by molar-refractivity contribution is -0.169. The quantitative estimate of drug-likeness (QED) is 0.110. The number of amides is 2. The Kier molecular flexibility index (Phi) is 6.43. The number of imide groups is 1. The number of piperidine rings is 1. The molecule has 12 heteroatoms. The molecule has 2 fully saturated rings. The number of carbonyl (C=O) groups excluding carboxylic acids is 4. The summed E-state index contributed by atoms with van der Waals surface area (Å²) in [6, 6.07) is 8.24. The van der Waals surface area contributed by atoms with Gasteiger partial charge in [0, 0.05) is 10.8 Å². The van der Waals surface area contributed by atoms with E-state index < -0.39 is 74.8 Å². The molecule has 5 rings (SSSR count). The van der Waals surface area contributed by atoms with Gasteiger partial charge in [-0.3, -0.25) is 19.7 Å². The molecule has 2 bridgehead atoms. The van der Waals surface area contributed by atoms with Crippen LogP contribution in [0, 0.1) is 45.3 Å². The van der Waals surface area contributed by atoms with Gasteiger partial charge in [-0.15, -0.1) is 0 Å². The van der Waals surface area contributed by atoms with Gasteiger partial charge in [-0.05, 0) is 61.2 Å². The fourth-order valence-corrected chi connectivity index (χ4v) is 6.11. The van der Waals surface area contributed by atoms with Crippen molar-refractivity contribution in [2.75, 3.05) is 0 Å². The summed E-state index contributed by atoms with van der Waals surface area (Å²) < 4.78 is 78.1. The maximum absolute atomic E-state index is 13.9. The first-order chi connectivity index (χ1) is 19.1. The van der Waals surface area contributed by atoms with Crippen LogP contribution in [0.4, 0.5) is 22.0 Å². The number of esters is 2. The van der Waals surface area contributed by atoms with Crippen LogP contribution in [-0.2, 0) is 14.4 Å². The molecule has 2 aliphatic rings. The summed E-state index contributed by atoms with van der Waals surface area (Å²) in [5, 5.41) is 3.27. The fourth-order valence-electron chi connectivity index (χ4n) is 6.11. The van der Waals surface area contributed by atoms with Gasteiger partial charge >= 0.3 is 11.9 Å².